The van der Waals surface area contributed by atoms with Crippen LogP contribution in [0.4, 0.5) is 0 Å². The molecule has 2 aromatic carbocycles. The van der Waals surface area contributed by atoms with Gasteiger partial charge in [-0.05, 0) is 17.7 Å². The number of carbonyl (C=O) groups excluding carboxylic acids is 1. The zero-order valence-corrected chi connectivity index (χ0v) is 10.9. The van der Waals surface area contributed by atoms with Gasteiger partial charge in [0.15, 0.2) is 6.10 Å². The highest BCUT2D eigenvalue weighted by atomic mass is 16.6. The van der Waals surface area contributed by atoms with Gasteiger partial charge in [-0.1, -0.05) is 36.4 Å². The molecular formula is C16H14O4. The molecule has 2 aromatic rings. The predicted molar refractivity (Wildman–Crippen MR) is 73.0 cm³/mol. The second kappa shape index (κ2) is 4.98. The number of rotatable bonds is 4. The number of carbonyl (C=O) groups is 1. The molecule has 1 N–H and O–H groups in total. The molecule has 0 spiro atoms. The van der Waals surface area contributed by atoms with Crippen LogP contribution in [0.2, 0.25) is 0 Å². The van der Waals surface area contributed by atoms with E-state index in [9.17, 15) is 9.90 Å². The summed E-state index contributed by atoms with van der Waals surface area (Å²) in [5.74, 6) is 0.0165. The van der Waals surface area contributed by atoms with E-state index in [-0.39, 0.29) is 23.2 Å². The largest absolute Gasteiger partial charge is 0.507 e. The van der Waals surface area contributed by atoms with Gasteiger partial charge >= 0.3 is 0 Å². The average Bonchev–Trinajstić information content (AvgIpc) is 3.27. The van der Waals surface area contributed by atoms with Crippen molar-refractivity contribution in [1.29, 1.82) is 0 Å². The molecule has 0 radical (unpaired) electrons. The minimum absolute atomic E-state index is 0.0864. The van der Waals surface area contributed by atoms with E-state index in [0.717, 1.165) is 5.56 Å². The van der Waals surface area contributed by atoms with Crippen molar-refractivity contribution in [1.82, 2.24) is 0 Å². The molecule has 0 unspecified atom stereocenters. The number of ether oxygens (including phenoxy) is 2. The molecule has 3 rings (SSSR count). The lowest BCUT2D eigenvalue weighted by Crippen LogP contribution is -2.10. The Kier molecular flexibility index (Phi) is 3.16. The number of Topliss-reactive ketones (excluding diaryl/α,β-unsaturated/α-hetero) is 1. The maximum Gasteiger partial charge on any atom is 0.202 e. The minimum Gasteiger partial charge on any atom is -0.507 e. The van der Waals surface area contributed by atoms with E-state index in [2.05, 4.69) is 0 Å². The number of aromatic hydroxyl groups is 1. The lowest BCUT2D eigenvalue weighted by atomic mass is 10.0. The molecule has 0 bridgehead atoms. The second-order valence-corrected chi connectivity index (χ2v) is 4.61. The van der Waals surface area contributed by atoms with Crippen LogP contribution < -0.4 is 4.74 Å². The maximum atomic E-state index is 12.4. The number of methoxy groups -OCH3 is 1. The maximum absolute atomic E-state index is 12.4. The Morgan fingerprint density at radius 2 is 1.90 bits per heavy atom. The molecule has 0 saturated carbocycles. The Morgan fingerprint density at radius 1 is 1.15 bits per heavy atom. The third-order valence-electron chi connectivity index (χ3n) is 3.35. The van der Waals surface area contributed by atoms with Crippen molar-refractivity contribution in [2.24, 2.45) is 0 Å². The van der Waals surface area contributed by atoms with Crippen molar-refractivity contribution in [2.75, 3.05) is 7.11 Å². The van der Waals surface area contributed by atoms with Crippen molar-refractivity contribution >= 4 is 5.78 Å². The molecule has 0 aliphatic carbocycles. The van der Waals surface area contributed by atoms with Crippen LogP contribution in [-0.4, -0.2) is 24.1 Å². The normalized spacial score (nSPS) is 20.4. The van der Waals surface area contributed by atoms with E-state index in [0.29, 0.717) is 5.75 Å². The highest BCUT2D eigenvalue weighted by Crippen LogP contribution is 2.43. The molecule has 1 aliphatic rings. The molecule has 4 heteroatoms. The van der Waals surface area contributed by atoms with Gasteiger partial charge in [-0.25, -0.2) is 0 Å². The predicted octanol–water partition coefficient (Wildman–Crippen LogP) is 2.72. The van der Waals surface area contributed by atoms with Gasteiger partial charge in [0, 0.05) is 0 Å². The third-order valence-corrected chi connectivity index (χ3v) is 3.35. The Hall–Kier alpha value is -2.33. The van der Waals surface area contributed by atoms with Gasteiger partial charge in [0.25, 0.3) is 0 Å². The molecule has 20 heavy (non-hydrogen) atoms. The molecule has 0 amide bonds. The lowest BCUT2D eigenvalue weighted by molar-refractivity contribution is 0.0948. The number of phenolic OH excluding ortho intramolecular Hbond substituents is 1. The van der Waals surface area contributed by atoms with Gasteiger partial charge in [0.2, 0.25) is 5.78 Å². The molecule has 1 fully saturated rings. The summed E-state index contributed by atoms with van der Waals surface area (Å²) in [6, 6.07) is 14.3. The third kappa shape index (κ3) is 2.14. The van der Waals surface area contributed by atoms with E-state index in [1.807, 2.05) is 30.3 Å². The Morgan fingerprint density at radius 3 is 2.60 bits per heavy atom. The molecule has 2 atom stereocenters. The molecule has 1 heterocycles. The van der Waals surface area contributed by atoms with Gasteiger partial charge in [-0.15, -0.1) is 0 Å². The summed E-state index contributed by atoms with van der Waals surface area (Å²) in [6.45, 7) is 0. The Labute approximate surface area is 116 Å². The van der Waals surface area contributed by atoms with E-state index in [1.165, 1.54) is 13.2 Å². The number of ketones is 1. The average molecular weight is 270 g/mol. The van der Waals surface area contributed by atoms with E-state index >= 15 is 0 Å². The summed E-state index contributed by atoms with van der Waals surface area (Å²) in [5.41, 5.74) is 1.14. The number of hydrogen-bond donors (Lipinski definition) is 1. The van der Waals surface area contributed by atoms with Gasteiger partial charge in [0.05, 0.1) is 7.11 Å². The first-order valence-electron chi connectivity index (χ1n) is 6.33. The molecule has 1 saturated heterocycles. The monoisotopic (exact) mass is 270 g/mol. The highest BCUT2D eigenvalue weighted by molar-refractivity contribution is 6.05. The Balaban J connectivity index is 1.86. The molecule has 1 aliphatic heterocycles. The molecule has 0 aromatic heterocycles. The second-order valence-electron chi connectivity index (χ2n) is 4.61. The van der Waals surface area contributed by atoms with Crippen LogP contribution in [-0.2, 0) is 4.74 Å². The summed E-state index contributed by atoms with van der Waals surface area (Å²) < 4.78 is 10.6. The SMILES string of the molecule is COc1cccc(O)c1C(=O)[C@H]1O[C@@H]1c1ccccc1. The lowest BCUT2D eigenvalue weighted by Gasteiger charge is -2.07. The molecule has 4 nitrogen and oxygen atoms in total. The number of hydrogen-bond acceptors (Lipinski definition) is 4. The summed E-state index contributed by atoms with van der Waals surface area (Å²) in [6.07, 6.45) is -0.799. The summed E-state index contributed by atoms with van der Waals surface area (Å²) >= 11 is 0. The topological polar surface area (TPSA) is 59.1 Å². The zero-order chi connectivity index (χ0) is 14.1. The van der Waals surface area contributed by atoms with Crippen LogP contribution in [0.15, 0.2) is 48.5 Å². The number of phenols is 1. The van der Waals surface area contributed by atoms with Crippen LogP contribution in [0.3, 0.4) is 0 Å². The minimum atomic E-state index is -0.556. The smallest absolute Gasteiger partial charge is 0.202 e. The van der Waals surface area contributed by atoms with E-state index in [4.69, 9.17) is 9.47 Å². The number of epoxide rings is 1. The van der Waals surface area contributed by atoms with Crippen molar-refractivity contribution in [3.05, 3.63) is 59.7 Å². The van der Waals surface area contributed by atoms with Gasteiger partial charge < -0.3 is 14.6 Å². The zero-order valence-electron chi connectivity index (χ0n) is 10.9. The van der Waals surface area contributed by atoms with Gasteiger partial charge in [-0.3, -0.25) is 4.79 Å². The highest BCUT2D eigenvalue weighted by Gasteiger charge is 2.47. The number of benzene rings is 2. The first kappa shape index (κ1) is 12.7. The first-order chi connectivity index (χ1) is 9.72. The van der Waals surface area contributed by atoms with Crippen molar-refractivity contribution in [2.45, 2.75) is 12.2 Å². The standard InChI is InChI=1S/C16H14O4/c1-19-12-9-5-8-11(17)13(12)14(18)16-15(20-16)10-6-3-2-4-7-10/h2-9,15-17H,1H3/t15-,16-/m1/s1. The van der Waals surface area contributed by atoms with Gasteiger partial charge in [-0.2, -0.15) is 0 Å². The first-order valence-corrected chi connectivity index (χ1v) is 6.33. The summed E-state index contributed by atoms with van der Waals surface area (Å²) in [5, 5.41) is 9.87. The van der Waals surface area contributed by atoms with Crippen molar-refractivity contribution < 1.29 is 19.4 Å². The van der Waals surface area contributed by atoms with Crippen LogP contribution in [0, 0.1) is 0 Å². The van der Waals surface area contributed by atoms with E-state index in [1.54, 1.807) is 12.1 Å². The van der Waals surface area contributed by atoms with Crippen LogP contribution in [0.25, 0.3) is 0 Å². The quantitative estimate of drug-likeness (QED) is 0.685. The fourth-order valence-electron chi connectivity index (χ4n) is 2.29. The van der Waals surface area contributed by atoms with Crippen molar-refractivity contribution in [3.63, 3.8) is 0 Å². The van der Waals surface area contributed by atoms with Gasteiger partial charge in [0.1, 0.15) is 23.2 Å². The molecule has 102 valence electrons. The van der Waals surface area contributed by atoms with E-state index < -0.39 is 6.10 Å². The Bertz CT molecular complexity index is 636. The van der Waals surface area contributed by atoms with Crippen LogP contribution >= 0.6 is 0 Å². The summed E-state index contributed by atoms with van der Waals surface area (Å²) in [7, 11) is 1.47. The molecular weight excluding hydrogens is 256 g/mol. The fourth-order valence-corrected chi connectivity index (χ4v) is 2.29. The summed E-state index contributed by atoms with van der Waals surface area (Å²) in [4.78, 5) is 12.4. The van der Waals surface area contributed by atoms with Crippen LogP contribution in [0.5, 0.6) is 11.5 Å². The fraction of sp³-hybridized carbons (Fsp3) is 0.188. The van der Waals surface area contributed by atoms with Crippen LogP contribution in [0.1, 0.15) is 22.0 Å². The van der Waals surface area contributed by atoms with Crippen molar-refractivity contribution in [3.8, 4) is 11.5 Å².